The topological polar surface area (TPSA) is 337 Å². The van der Waals surface area contributed by atoms with Crippen molar-refractivity contribution in [3.05, 3.63) is 71.8 Å². The fraction of sp³-hybridized carbons (Fsp3) is 0.683. The number of aliphatic hydroxyl groups is 4. The summed E-state index contributed by atoms with van der Waals surface area (Å²) in [5, 5.41) is 59.7. The molecule has 24 nitrogen and oxygen atoms in total. The second-order valence-electron chi connectivity index (χ2n) is 25.1. The maximum atomic E-state index is 15.3. The molecule has 87 heavy (non-hydrogen) atoms. The standard InChI is InChI=1S/C63H91N3O21/c1-37-43(35-63(78)55(85-56(75)41-22-15-12-16-23-41)53-61(9,54(74)51(73)49(37)60(63,7)8)44(69)34-45-62(53,36-82-45)86-39(3)68)83-57(76)52(50(40-20-13-11-14-21-40)66-58(77)87-59(4,5)6)84-48(72)26-19-25-47(71)65-42(38(2)67)24-17-18-28-64-46(70)27-29-80-32-33-81-31-30-79-10/h11-16,20-23,37,42-45,49-55,69,73-74,78H,17-19,24-36H2,1-10H3,(H,64,70)(H,65,71)(H,66,77)/t37?,42?,43-,44-,45+,49-,50-,51+,52+,53-,54+,55-,61+,62-,63+/m0/s1. The lowest BCUT2D eigenvalue weighted by molar-refractivity contribution is -0.379. The highest BCUT2D eigenvalue weighted by molar-refractivity contribution is 5.90. The molecule has 2 aromatic rings. The van der Waals surface area contributed by atoms with Crippen LogP contribution in [0.5, 0.6) is 0 Å². The van der Waals surface area contributed by atoms with Crippen LogP contribution in [-0.2, 0) is 71.4 Å². The third-order valence-corrected chi connectivity index (χ3v) is 17.7. The lowest BCUT2D eigenvalue weighted by Gasteiger charge is -2.70. The Bertz CT molecular complexity index is 2670. The Morgan fingerprint density at radius 1 is 0.782 bits per heavy atom. The van der Waals surface area contributed by atoms with E-state index in [1.807, 2.05) is 0 Å². The number of ether oxygens (including phenoxy) is 9. The molecule has 4 fully saturated rings. The number of aliphatic hydroxyl groups excluding tert-OH is 3. The molecule has 0 aromatic heterocycles. The van der Waals surface area contributed by atoms with E-state index in [0.29, 0.717) is 45.8 Å². The number of rotatable bonds is 29. The lowest BCUT2D eigenvalue weighted by atomic mass is 9.42. The number of alkyl carbamates (subject to hydrolysis) is 1. The molecule has 3 saturated carbocycles. The van der Waals surface area contributed by atoms with Gasteiger partial charge in [0.25, 0.3) is 0 Å². The third-order valence-electron chi connectivity index (χ3n) is 17.7. The van der Waals surface area contributed by atoms with Crippen LogP contribution in [0.4, 0.5) is 4.79 Å². The molecule has 4 aliphatic rings. The average molecular weight is 1230 g/mol. The summed E-state index contributed by atoms with van der Waals surface area (Å²) >= 11 is 0. The zero-order chi connectivity index (χ0) is 64.1. The molecule has 2 unspecified atom stereocenters. The monoisotopic (exact) mass is 1230 g/mol. The van der Waals surface area contributed by atoms with Crippen molar-refractivity contribution in [1.29, 1.82) is 0 Å². The number of carbonyl (C=O) groups is 8. The highest BCUT2D eigenvalue weighted by atomic mass is 16.6. The fourth-order valence-electron chi connectivity index (χ4n) is 13.1. The molecule has 1 aliphatic heterocycles. The molecule has 6 rings (SSSR count). The van der Waals surface area contributed by atoms with Gasteiger partial charge in [-0.1, -0.05) is 76.2 Å². The lowest BCUT2D eigenvalue weighted by Crippen LogP contribution is -2.83. The van der Waals surface area contributed by atoms with Gasteiger partial charge in [0, 0.05) is 69.4 Å². The van der Waals surface area contributed by atoms with E-state index < -0.39 is 149 Å². The fourth-order valence-corrected chi connectivity index (χ4v) is 13.1. The number of unbranched alkanes of at least 4 members (excludes halogenated alkanes) is 1. The van der Waals surface area contributed by atoms with E-state index in [2.05, 4.69) is 16.0 Å². The Balaban J connectivity index is 1.24. The molecule has 7 N–H and O–H groups in total. The summed E-state index contributed by atoms with van der Waals surface area (Å²) in [6.07, 6.45) is -12.6. The van der Waals surface area contributed by atoms with Gasteiger partial charge in [0.1, 0.15) is 35.6 Å². The Labute approximate surface area is 508 Å². The maximum Gasteiger partial charge on any atom is 0.408 e. The van der Waals surface area contributed by atoms with Gasteiger partial charge in [-0.15, -0.1) is 0 Å². The number of hydrogen-bond acceptors (Lipinski definition) is 21. The van der Waals surface area contributed by atoms with E-state index in [1.165, 1.54) is 26.0 Å². The zero-order valence-electron chi connectivity index (χ0n) is 51.7. The van der Waals surface area contributed by atoms with Crippen LogP contribution in [0.1, 0.15) is 142 Å². The summed E-state index contributed by atoms with van der Waals surface area (Å²) in [5.41, 5.74) is -8.33. The predicted molar refractivity (Wildman–Crippen MR) is 310 cm³/mol. The summed E-state index contributed by atoms with van der Waals surface area (Å²) in [6, 6.07) is 13.5. The Morgan fingerprint density at radius 2 is 1.43 bits per heavy atom. The Morgan fingerprint density at radius 3 is 2.03 bits per heavy atom. The van der Waals surface area contributed by atoms with Crippen LogP contribution < -0.4 is 16.0 Å². The SMILES string of the molecule is COCCOCCOCCC(=O)NCCCCC(NC(=O)CCCC(=O)O[C@@H](C(=O)O[C@H]1C[C@@]2(O)[C@@H](OC(=O)c3ccccc3)[C@@H]3[C@]4(OC(C)=O)CO[C@@H]4C[C@H](O)[C@@]3(C)[C@H](O)[C@H](O)[C@H](C1C)C2(C)C)[C@@H](NC(=O)OC(C)(C)C)c1ccccc1)C(C)=O. The van der Waals surface area contributed by atoms with E-state index >= 15 is 4.79 Å². The third kappa shape index (κ3) is 16.8. The zero-order valence-corrected chi connectivity index (χ0v) is 51.7. The molecule has 3 amide bonds. The van der Waals surface area contributed by atoms with E-state index in [0.717, 1.165) is 6.92 Å². The number of amides is 3. The first-order chi connectivity index (χ1) is 41.0. The predicted octanol–water partition coefficient (Wildman–Crippen LogP) is 4.14. The smallest absolute Gasteiger partial charge is 0.408 e. The number of esters is 4. The van der Waals surface area contributed by atoms with Gasteiger partial charge in [-0.3, -0.25) is 24.0 Å². The minimum absolute atomic E-state index is 0.0581. The number of nitrogens with one attached hydrogen (secondary N) is 3. The molecule has 1 saturated heterocycles. The van der Waals surface area contributed by atoms with Gasteiger partial charge < -0.3 is 79.0 Å². The minimum atomic E-state index is -2.40. The molecule has 24 heteroatoms. The first kappa shape index (κ1) is 70.0. The van der Waals surface area contributed by atoms with Gasteiger partial charge in [-0.2, -0.15) is 0 Å². The van der Waals surface area contributed by atoms with Crippen LogP contribution in [0, 0.1) is 28.6 Å². The van der Waals surface area contributed by atoms with E-state index in [9.17, 15) is 54.0 Å². The summed E-state index contributed by atoms with van der Waals surface area (Å²) in [4.78, 5) is 109. The average Bonchev–Trinajstić information content (AvgIpc) is 0.680. The molecule has 0 spiro atoms. The van der Waals surface area contributed by atoms with Crippen molar-refractivity contribution in [3.63, 3.8) is 0 Å². The van der Waals surface area contributed by atoms with Crippen LogP contribution in [0.3, 0.4) is 0 Å². The van der Waals surface area contributed by atoms with Crippen LogP contribution >= 0.6 is 0 Å². The van der Waals surface area contributed by atoms with Crippen molar-refractivity contribution in [2.45, 2.75) is 192 Å². The van der Waals surface area contributed by atoms with E-state index in [4.69, 9.17) is 42.6 Å². The maximum absolute atomic E-state index is 15.3. The normalized spacial score (nSPS) is 29.0. The number of carbonyl (C=O) groups excluding carboxylic acids is 8. The van der Waals surface area contributed by atoms with Gasteiger partial charge >= 0.3 is 30.0 Å². The van der Waals surface area contributed by atoms with Crippen LogP contribution in [0.25, 0.3) is 0 Å². The second kappa shape index (κ2) is 30.4. The summed E-state index contributed by atoms with van der Waals surface area (Å²) in [5.74, 6) is -8.73. The van der Waals surface area contributed by atoms with Crippen molar-refractivity contribution < 1.29 is 101 Å². The Hall–Kier alpha value is -6.12. The molecular formula is C63H91N3O21. The van der Waals surface area contributed by atoms with Gasteiger partial charge in [0.05, 0.1) is 75.5 Å². The molecule has 1 heterocycles. The van der Waals surface area contributed by atoms with Crippen LogP contribution in [0.2, 0.25) is 0 Å². The molecular weight excluding hydrogens is 1130 g/mol. The molecule has 0 radical (unpaired) electrons. The van der Waals surface area contributed by atoms with Crippen molar-refractivity contribution in [2.75, 3.05) is 53.3 Å². The number of Topliss-reactive ketones (excluding diaryl/α,β-unsaturated/α-hetero) is 1. The Kier molecular flexibility index (Phi) is 24.4. The molecule has 2 aromatic carbocycles. The van der Waals surface area contributed by atoms with E-state index in [-0.39, 0.29) is 68.1 Å². The van der Waals surface area contributed by atoms with Crippen molar-refractivity contribution in [2.24, 2.45) is 28.6 Å². The van der Waals surface area contributed by atoms with Crippen molar-refractivity contribution >= 4 is 47.6 Å². The summed E-state index contributed by atoms with van der Waals surface area (Å²) in [7, 11) is 1.58. The summed E-state index contributed by atoms with van der Waals surface area (Å²) in [6.45, 7) is 15.6. The molecule has 15 atom stereocenters. The van der Waals surface area contributed by atoms with Crippen LogP contribution in [0.15, 0.2) is 60.7 Å². The first-order valence-electron chi connectivity index (χ1n) is 30.0. The number of fused-ring (bicyclic) bond motifs is 5. The minimum Gasteiger partial charge on any atom is -0.459 e. The second-order valence-corrected chi connectivity index (χ2v) is 25.1. The molecule has 2 bridgehead atoms. The van der Waals surface area contributed by atoms with Crippen molar-refractivity contribution in [1.82, 2.24) is 16.0 Å². The number of benzene rings is 2. The van der Waals surface area contributed by atoms with E-state index in [1.54, 1.807) is 97.2 Å². The van der Waals surface area contributed by atoms with Gasteiger partial charge in [-0.25, -0.2) is 14.4 Å². The van der Waals surface area contributed by atoms with Gasteiger partial charge in [0.2, 0.25) is 17.9 Å². The quantitative estimate of drug-likeness (QED) is 0.0342. The molecule has 3 aliphatic carbocycles. The number of ketones is 1. The largest absolute Gasteiger partial charge is 0.459 e. The van der Waals surface area contributed by atoms with Gasteiger partial charge in [0.15, 0.2) is 11.4 Å². The van der Waals surface area contributed by atoms with Gasteiger partial charge in [-0.05, 0) is 77.0 Å². The van der Waals surface area contributed by atoms with Crippen molar-refractivity contribution in [3.8, 4) is 0 Å². The summed E-state index contributed by atoms with van der Waals surface area (Å²) < 4.78 is 52.2. The highest BCUT2D eigenvalue weighted by Gasteiger charge is 2.79. The number of methoxy groups -OCH3 is 1. The number of hydrogen-bond donors (Lipinski definition) is 7. The van der Waals surface area contributed by atoms with Crippen LogP contribution in [-0.4, -0.2) is 187 Å². The highest BCUT2D eigenvalue weighted by Crippen LogP contribution is 2.66. The first-order valence-corrected chi connectivity index (χ1v) is 30.0. The molecule has 484 valence electrons.